The molecule has 2 fully saturated rings. The fraction of sp³-hybridized carbons (Fsp3) is 0.714. The molecule has 1 aliphatic heterocycles. The molecule has 1 N–H and O–H groups in total. The van der Waals surface area contributed by atoms with Crippen LogP contribution in [0.25, 0.3) is 0 Å². The van der Waals surface area contributed by atoms with Crippen LogP contribution in [-0.2, 0) is 19.2 Å². The highest BCUT2D eigenvalue weighted by Crippen LogP contribution is 2.39. The average Bonchev–Trinajstić information content (AvgIpc) is 2.97. The number of likely N-dealkylation sites (tertiary alicyclic amines) is 1. The third kappa shape index (κ3) is 3.84. The molecule has 0 spiro atoms. The van der Waals surface area contributed by atoms with Crippen LogP contribution in [0.4, 0.5) is 0 Å². The number of rotatable bonds is 7. The Hall–Kier alpha value is -1.37. The Balaban J connectivity index is 1.69. The first-order valence-corrected chi connectivity index (χ1v) is 8.35. The fourth-order valence-corrected chi connectivity index (χ4v) is 3.60. The Morgan fingerprint density at radius 2 is 1.81 bits per heavy atom. The van der Waals surface area contributed by atoms with Gasteiger partial charge >= 0.3 is 0 Å². The van der Waals surface area contributed by atoms with Crippen LogP contribution in [0.3, 0.4) is 0 Å². The van der Waals surface area contributed by atoms with Crippen molar-refractivity contribution in [3.8, 4) is 0 Å². The van der Waals surface area contributed by atoms with Gasteiger partial charge in [-0.1, -0.05) is 6.42 Å². The van der Waals surface area contributed by atoms with Crippen molar-refractivity contribution in [1.29, 1.82) is 0 Å². The number of hydrogen-bond acceptors (Lipinski definition) is 5. The van der Waals surface area contributed by atoms with E-state index in [4.69, 9.17) is 0 Å². The summed E-state index contributed by atoms with van der Waals surface area (Å²) in [5.41, 5.74) is 0. The van der Waals surface area contributed by atoms with E-state index >= 15 is 0 Å². The second-order valence-electron chi connectivity index (χ2n) is 5.52. The molecule has 1 aliphatic carbocycles. The van der Waals surface area contributed by atoms with Gasteiger partial charge in [-0.05, 0) is 19.8 Å². The number of ketones is 1. The molecule has 0 radical (unpaired) electrons. The Morgan fingerprint density at radius 3 is 2.38 bits per heavy atom. The smallest absolute Gasteiger partial charge is 0.233 e. The van der Waals surface area contributed by atoms with Gasteiger partial charge in [0.15, 0.2) is 0 Å². The van der Waals surface area contributed by atoms with E-state index in [-0.39, 0.29) is 54.2 Å². The Kier molecular flexibility index (Phi) is 5.39. The van der Waals surface area contributed by atoms with Crippen molar-refractivity contribution in [3.63, 3.8) is 0 Å². The van der Waals surface area contributed by atoms with Crippen molar-refractivity contribution in [1.82, 2.24) is 10.2 Å². The third-order valence-corrected chi connectivity index (χ3v) is 4.96. The van der Waals surface area contributed by atoms with Gasteiger partial charge in [-0.2, -0.15) is 0 Å². The summed E-state index contributed by atoms with van der Waals surface area (Å²) in [7, 11) is 0. The van der Waals surface area contributed by atoms with E-state index in [1.54, 1.807) is 0 Å². The Bertz CT molecular complexity index is 444. The van der Waals surface area contributed by atoms with Crippen LogP contribution >= 0.6 is 11.8 Å². The third-order valence-electron chi connectivity index (χ3n) is 3.88. The maximum absolute atomic E-state index is 12.1. The molecule has 21 heavy (non-hydrogen) atoms. The highest BCUT2D eigenvalue weighted by atomic mass is 32.2. The first-order chi connectivity index (χ1) is 10.0. The lowest BCUT2D eigenvalue weighted by atomic mass is 10.00. The van der Waals surface area contributed by atoms with Crippen molar-refractivity contribution < 1.29 is 19.2 Å². The van der Waals surface area contributed by atoms with Crippen LogP contribution < -0.4 is 5.32 Å². The number of amides is 3. The number of imide groups is 1. The molecule has 7 heteroatoms. The van der Waals surface area contributed by atoms with Gasteiger partial charge in [0.25, 0.3) is 0 Å². The number of carbonyl (C=O) groups is 4. The molecule has 3 amide bonds. The number of nitrogens with zero attached hydrogens (tertiary/aromatic N) is 1. The van der Waals surface area contributed by atoms with Gasteiger partial charge in [-0.3, -0.25) is 24.1 Å². The average molecular weight is 312 g/mol. The largest absolute Gasteiger partial charge is 0.354 e. The first-order valence-electron chi connectivity index (χ1n) is 7.20. The molecule has 0 aromatic carbocycles. The van der Waals surface area contributed by atoms with Gasteiger partial charge < -0.3 is 5.32 Å². The van der Waals surface area contributed by atoms with E-state index < -0.39 is 0 Å². The molecular weight excluding hydrogens is 292 g/mol. The van der Waals surface area contributed by atoms with Gasteiger partial charge in [0, 0.05) is 13.1 Å². The summed E-state index contributed by atoms with van der Waals surface area (Å²) in [5, 5.41) is 2.67. The van der Waals surface area contributed by atoms with Gasteiger partial charge in [-0.25, -0.2) is 0 Å². The minimum atomic E-state index is -0.180. The second-order valence-corrected chi connectivity index (χ2v) is 6.50. The molecule has 1 saturated heterocycles. The van der Waals surface area contributed by atoms with Crippen LogP contribution in [0.2, 0.25) is 0 Å². The summed E-state index contributed by atoms with van der Waals surface area (Å²) >= 11 is 1.26. The van der Waals surface area contributed by atoms with Gasteiger partial charge in [0.1, 0.15) is 5.78 Å². The van der Waals surface area contributed by atoms with Crippen molar-refractivity contribution in [3.05, 3.63) is 0 Å². The minimum Gasteiger partial charge on any atom is -0.354 e. The quantitative estimate of drug-likeness (QED) is 0.680. The van der Waals surface area contributed by atoms with E-state index in [0.29, 0.717) is 5.75 Å². The molecule has 2 atom stereocenters. The first kappa shape index (κ1) is 16.0. The zero-order valence-electron chi connectivity index (χ0n) is 12.1. The number of carbonyl (C=O) groups excluding carboxylic acids is 4. The van der Waals surface area contributed by atoms with E-state index in [1.165, 1.54) is 23.6 Å². The molecule has 6 nitrogen and oxygen atoms in total. The number of nitrogens with one attached hydrogen (secondary N) is 1. The van der Waals surface area contributed by atoms with E-state index in [1.807, 2.05) is 0 Å². The number of hydrogen-bond donors (Lipinski definition) is 1. The second kappa shape index (κ2) is 7.06. The summed E-state index contributed by atoms with van der Waals surface area (Å²) < 4.78 is 0. The lowest BCUT2D eigenvalue weighted by Crippen LogP contribution is -2.39. The van der Waals surface area contributed by atoms with Crippen LogP contribution in [0, 0.1) is 11.8 Å². The van der Waals surface area contributed by atoms with Gasteiger partial charge in [0.05, 0.1) is 23.3 Å². The summed E-state index contributed by atoms with van der Waals surface area (Å²) in [4.78, 5) is 47.7. The molecule has 0 unspecified atom stereocenters. The van der Waals surface area contributed by atoms with Crippen LogP contribution in [0.15, 0.2) is 0 Å². The van der Waals surface area contributed by atoms with Crippen molar-refractivity contribution in [2.45, 2.75) is 26.2 Å². The van der Waals surface area contributed by atoms with Crippen LogP contribution in [0.1, 0.15) is 26.2 Å². The highest BCUT2D eigenvalue weighted by molar-refractivity contribution is 8.00. The van der Waals surface area contributed by atoms with Crippen LogP contribution in [0.5, 0.6) is 0 Å². The molecule has 0 bridgehead atoms. The van der Waals surface area contributed by atoms with Crippen molar-refractivity contribution in [2.75, 3.05) is 24.6 Å². The van der Waals surface area contributed by atoms with E-state index in [9.17, 15) is 19.2 Å². The molecular formula is C14H20N2O4S. The SMILES string of the molecule is CC(=O)CSCC(=O)NCCN1C(=O)[C@H]2CCC[C@H]2C1=O. The fourth-order valence-electron chi connectivity index (χ4n) is 2.93. The predicted molar refractivity (Wildman–Crippen MR) is 78.6 cm³/mol. The summed E-state index contributed by atoms with van der Waals surface area (Å²) in [5.74, 6) is -0.0238. The van der Waals surface area contributed by atoms with Crippen LogP contribution in [-0.4, -0.2) is 53.0 Å². The van der Waals surface area contributed by atoms with Crippen molar-refractivity contribution >= 4 is 35.3 Å². The molecule has 116 valence electrons. The summed E-state index contributed by atoms with van der Waals surface area (Å²) in [6.07, 6.45) is 2.56. The highest BCUT2D eigenvalue weighted by Gasteiger charge is 2.49. The van der Waals surface area contributed by atoms with E-state index in [0.717, 1.165) is 19.3 Å². The normalized spacial score (nSPS) is 24.3. The topological polar surface area (TPSA) is 83.6 Å². The van der Waals surface area contributed by atoms with Crippen molar-refractivity contribution in [2.24, 2.45) is 11.8 Å². The molecule has 0 aromatic heterocycles. The lowest BCUT2D eigenvalue weighted by Gasteiger charge is -2.16. The Morgan fingerprint density at radius 1 is 1.19 bits per heavy atom. The maximum atomic E-state index is 12.1. The lowest BCUT2D eigenvalue weighted by molar-refractivity contribution is -0.140. The molecule has 1 saturated carbocycles. The molecule has 0 aromatic rings. The molecule has 2 rings (SSSR count). The molecule has 1 heterocycles. The zero-order chi connectivity index (χ0) is 15.4. The number of thioether (sulfide) groups is 1. The number of fused-ring (bicyclic) bond motifs is 1. The zero-order valence-corrected chi connectivity index (χ0v) is 12.9. The summed E-state index contributed by atoms with van der Waals surface area (Å²) in [6, 6.07) is 0. The number of Topliss-reactive ketones (excluding diaryl/α,β-unsaturated/α-hetero) is 1. The minimum absolute atomic E-state index is 0.0348. The summed E-state index contributed by atoms with van der Waals surface area (Å²) in [6.45, 7) is 2.00. The molecule has 2 aliphatic rings. The Labute approximate surface area is 128 Å². The van der Waals surface area contributed by atoms with Gasteiger partial charge in [0.2, 0.25) is 17.7 Å². The maximum Gasteiger partial charge on any atom is 0.233 e. The monoisotopic (exact) mass is 312 g/mol. The predicted octanol–water partition coefficient (Wildman–Crippen LogP) is 0.210. The standard InChI is InChI=1S/C14H20N2O4S/c1-9(17)7-21-8-12(18)15-5-6-16-13(19)10-3-2-4-11(10)14(16)20/h10-11H,2-8H2,1H3,(H,15,18)/t10-,11+. The van der Waals surface area contributed by atoms with E-state index in [2.05, 4.69) is 5.32 Å². The van der Waals surface area contributed by atoms with Gasteiger partial charge in [-0.15, -0.1) is 11.8 Å².